The van der Waals surface area contributed by atoms with E-state index in [1.807, 2.05) is 0 Å². The van der Waals surface area contributed by atoms with Gasteiger partial charge in [0.25, 0.3) is 0 Å². The van der Waals surface area contributed by atoms with Crippen molar-refractivity contribution in [2.75, 3.05) is 6.16 Å². The summed E-state index contributed by atoms with van der Waals surface area (Å²) in [5, 5.41) is 0. The zero-order valence-electron chi connectivity index (χ0n) is 13.9. The Balaban J connectivity index is -0.00000144. The normalized spacial score (nSPS) is 11.3. The van der Waals surface area contributed by atoms with Crippen LogP contribution < -0.4 is 29.6 Å². The van der Waals surface area contributed by atoms with Crippen LogP contribution in [0.5, 0.6) is 0 Å². The van der Waals surface area contributed by atoms with Crippen LogP contribution in [0, 0.1) is 0 Å². The van der Waals surface area contributed by atoms with E-state index in [9.17, 15) is 4.57 Å². The van der Waals surface area contributed by atoms with Crippen LogP contribution in [-0.2, 0) is 4.57 Å². The van der Waals surface area contributed by atoms with Gasteiger partial charge in [0.1, 0.15) is 0 Å². The largest absolute Gasteiger partial charge is 1.00 e. The number of rotatable bonds is 13. The van der Waals surface area contributed by atoms with Crippen LogP contribution in [0.15, 0.2) is 0 Å². The first-order chi connectivity index (χ1) is 8.56. The van der Waals surface area contributed by atoms with Crippen LogP contribution in [0.4, 0.5) is 0 Å². The predicted molar refractivity (Wildman–Crippen MR) is 79.1 cm³/mol. The minimum Gasteiger partial charge on any atom is -1.00 e. The molecular formula is C14H32NaO3P. The van der Waals surface area contributed by atoms with Gasteiger partial charge in [0.05, 0.1) is 0 Å². The fourth-order valence-corrected chi connectivity index (χ4v) is 2.79. The maximum absolute atomic E-state index is 10.6. The van der Waals surface area contributed by atoms with E-state index < -0.39 is 7.60 Å². The van der Waals surface area contributed by atoms with Crippen LogP contribution in [0.2, 0.25) is 0 Å². The molecule has 0 saturated carbocycles. The zero-order chi connectivity index (χ0) is 13.7. The van der Waals surface area contributed by atoms with E-state index >= 15 is 0 Å². The molecule has 19 heavy (non-hydrogen) atoms. The first kappa shape index (κ1) is 22.4. The van der Waals surface area contributed by atoms with Crippen molar-refractivity contribution in [2.45, 2.75) is 84.0 Å². The first-order valence-corrected chi connectivity index (χ1v) is 9.40. The van der Waals surface area contributed by atoms with E-state index in [0.717, 1.165) is 12.8 Å². The summed E-state index contributed by atoms with van der Waals surface area (Å²) < 4.78 is 10.6. The maximum Gasteiger partial charge on any atom is 1.00 e. The first-order valence-electron chi connectivity index (χ1n) is 7.61. The Labute approximate surface area is 142 Å². The monoisotopic (exact) mass is 302 g/mol. The van der Waals surface area contributed by atoms with E-state index in [1.54, 1.807) is 0 Å². The van der Waals surface area contributed by atoms with Crippen molar-refractivity contribution >= 4 is 7.60 Å². The third-order valence-corrected chi connectivity index (χ3v) is 4.20. The summed E-state index contributed by atoms with van der Waals surface area (Å²) in [4.78, 5) is 17.4. The molecule has 0 aliphatic heterocycles. The number of hydrogen-bond donors (Lipinski definition) is 2. The Bertz CT molecular complexity index is 224. The van der Waals surface area contributed by atoms with Crippen molar-refractivity contribution in [1.29, 1.82) is 0 Å². The van der Waals surface area contributed by atoms with Gasteiger partial charge in [0, 0.05) is 6.16 Å². The van der Waals surface area contributed by atoms with E-state index in [1.165, 1.54) is 57.8 Å². The van der Waals surface area contributed by atoms with Gasteiger partial charge >= 0.3 is 37.2 Å². The molecule has 0 amide bonds. The van der Waals surface area contributed by atoms with Crippen LogP contribution in [-0.4, -0.2) is 15.9 Å². The molecule has 0 heterocycles. The van der Waals surface area contributed by atoms with Crippen molar-refractivity contribution in [1.82, 2.24) is 0 Å². The minimum atomic E-state index is -3.75. The number of unbranched alkanes of at least 4 members (excludes halogenated alkanes) is 11. The van der Waals surface area contributed by atoms with Crippen molar-refractivity contribution < 1.29 is 45.3 Å². The molecule has 0 aromatic rings. The molecule has 0 aliphatic rings. The van der Waals surface area contributed by atoms with Crippen LogP contribution in [0.25, 0.3) is 0 Å². The maximum atomic E-state index is 10.6. The average molecular weight is 302 g/mol. The molecule has 0 aromatic heterocycles. The smallest absolute Gasteiger partial charge is 1.00 e. The summed E-state index contributed by atoms with van der Waals surface area (Å²) in [6, 6.07) is 0. The summed E-state index contributed by atoms with van der Waals surface area (Å²) in [5.74, 6) is 0. The molecule has 0 unspecified atom stereocenters. The van der Waals surface area contributed by atoms with E-state index in [-0.39, 0.29) is 37.1 Å². The van der Waals surface area contributed by atoms with Crippen LogP contribution in [0.3, 0.4) is 0 Å². The third kappa shape index (κ3) is 21.6. The standard InChI is InChI=1S/C14H31O3P.Na.H/c1-2-3-4-5-6-7-8-9-10-11-12-13-14-18(15,16)17;;/h2-14H2,1H3,(H2,15,16,17);;/q;+1;-1. The van der Waals surface area contributed by atoms with E-state index in [0.29, 0.717) is 6.42 Å². The molecule has 3 nitrogen and oxygen atoms in total. The molecule has 0 radical (unpaired) electrons. The van der Waals surface area contributed by atoms with Gasteiger partial charge in [-0.15, -0.1) is 0 Å². The van der Waals surface area contributed by atoms with Crippen LogP contribution in [0.1, 0.15) is 85.4 Å². The molecule has 112 valence electrons. The molecular weight excluding hydrogens is 270 g/mol. The van der Waals surface area contributed by atoms with Gasteiger partial charge in [-0.2, -0.15) is 0 Å². The Hall–Kier alpha value is 1.15. The van der Waals surface area contributed by atoms with E-state index in [2.05, 4.69) is 6.92 Å². The molecule has 0 spiro atoms. The molecule has 0 aliphatic carbocycles. The van der Waals surface area contributed by atoms with Gasteiger partial charge in [0.2, 0.25) is 0 Å². The zero-order valence-corrected chi connectivity index (χ0v) is 15.8. The van der Waals surface area contributed by atoms with Crippen molar-refractivity contribution in [3.05, 3.63) is 0 Å². The molecule has 0 fully saturated rings. The molecule has 5 heteroatoms. The Morgan fingerprint density at radius 2 is 1.05 bits per heavy atom. The molecule has 0 aromatic carbocycles. The second-order valence-corrected chi connectivity index (χ2v) is 7.05. The van der Waals surface area contributed by atoms with Gasteiger partial charge in [-0.05, 0) is 6.42 Å². The van der Waals surface area contributed by atoms with Crippen molar-refractivity contribution in [3.63, 3.8) is 0 Å². The minimum absolute atomic E-state index is 0. The molecule has 0 atom stereocenters. The van der Waals surface area contributed by atoms with Crippen molar-refractivity contribution in [2.24, 2.45) is 0 Å². The summed E-state index contributed by atoms with van der Waals surface area (Å²) in [5.41, 5.74) is 0. The second-order valence-electron chi connectivity index (χ2n) is 5.28. The Morgan fingerprint density at radius 3 is 1.37 bits per heavy atom. The summed E-state index contributed by atoms with van der Waals surface area (Å²) >= 11 is 0. The summed E-state index contributed by atoms with van der Waals surface area (Å²) in [6.07, 6.45) is 14.8. The number of hydrogen-bond acceptors (Lipinski definition) is 1. The van der Waals surface area contributed by atoms with Gasteiger partial charge in [0.15, 0.2) is 0 Å². The predicted octanol–water partition coefficient (Wildman–Crippen LogP) is 1.98. The van der Waals surface area contributed by atoms with Gasteiger partial charge in [-0.25, -0.2) is 0 Å². The third-order valence-electron chi connectivity index (χ3n) is 3.30. The van der Waals surface area contributed by atoms with Gasteiger partial charge in [-0.1, -0.05) is 77.6 Å². The molecule has 0 bridgehead atoms. The average Bonchev–Trinajstić information content (AvgIpc) is 2.29. The molecule has 2 N–H and O–H groups in total. The Kier molecular flexibility index (Phi) is 18.3. The SMILES string of the molecule is CCCCCCCCCCCCCCP(=O)(O)O.[H-].[Na+]. The summed E-state index contributed by atoms with van der Waals surface area (Å²) in [6.45, 7) is 2.24. The summed E-state index contributed by atoms with van der Waals surface area (Å²) in [7, 11) is -3.75. The molecule has 0 saturated heterocycles. The van der Waals surface area contributed by atoms with E-state index in [4.69, 9.17) is 9.79 Å². The fourth-order valence-electron chi connectivity index (χ4n) is 2.16. The fraction of sp³-hybridized carbons (Fsp3) is 1.00. The topological polar surface area (TPSA) is 57.5 Å². The second kappa shape index (κ2) is 15.5. The Morgan fingerprint density at radius 1 is 0.737 bits per heavy atom. The quantitative estimate of drug-likeness (QED) is 0.311. The van der Waals surface area contributed by atoms with Gasteiger partial charge < -0.3 is 11.2 Å². The van der Waals surface area contributed by atoms with Gasteiger partial charge in [-0.3, -0.25) is 4.57 Å². The van der Waals surface area contributed by atoms with Crippen molar-refractivity contribution in [3.8, 4) is 0 Å². The molecule has 0 rings (SSSR count). The van der Waals surface area contributed by atoms with Crippen LogP contribution >= 0.6 is 7.60 Å².